The molecule has 1 aromatic heterocycles. The third-order valence-electron chi connectivity index (χ3n) is 3.65. The Balaban J connectivity index is 1.86. The zero-order chi connectivity index (χ0) is 14.3. The van der Waals surface area contributed by atoms with Crippen LogP contribution in [0.1, 0.15) is 32.0 Å². The van der Waals surface area contributed by atoms with Crippen LogP contribution in [0.2, 0.25) is 0 Å². The van der Waals surface area contributed by atoms with Crippen molar-refractivity contribution in [2.24, 2.45) is 0 Å². The first-order valence-electron chi connectivity index (χ1n) is 7.08. The SMILES string of the molecule is CC(C)(C)NC(=O)C1Cc2c([nH]c3ccccc23)CN1. The average molecular weight is 271 g/mol. The van der Waals surface area contributed by atoms with Crippen molar-refractivity contribution in [2.75, 3.05) is 0 Å². The second-order valence-corrected chi connectivity index (χ2v) is 6.50. The number of H-pyrrole nitrogens is 1. The summed E-state index contributed by atoms with van der Waals surface area (Å²) in [5, 5.41) is 7.60. The maximum absolute atomic E-state index is 12.3. The number of nitrogens with one attached hydrogen (secondary N) is 3. The van der Waals surface area contributed by atoms with Crippen molar-refractivity contribution in [3.63, 3.8) is 0 Å². The van der Waals surface area contributed by atoms with Crippen LogP contribution in [0.3, 0.4) is 0 Å². The van der Waals surface area contributed by atoms with Gasteiger partial charge < -0.3 is 10.3 Å². The number of para-hydroxylation sites is 1. The largest absolute Gasteiger partial charge is 0.357 e. The highest BCUT2D eigenvalue weighted by Gasteiger charge is 2.28. The van der Waals surface area contributed by atoms with E-state index in [1.807, 2.05) is 32.9 Å². The molecule has 0 aliphatic carbocycles. The summed E-state index contributed by atoms with van der Waals surface area (Å²) >= 11 is 0. The Morgan fingerprint density at radius 2 is 2.05 bits per heavy atom. The van der Waals surface area contributed by atoms with Gasteiger partial charge >= 0.3 is 0 Å². The summed E-state index contributed by atoms with van der Waals surface area (Å²) < 4.78 is 0. The van der Waals surface area contributed by atoms with E-state index in [-0.39, 0.29) is 17.5 Å². The van der Waals surface area contributed by atoms with Crippen molar-refractivity contribution in [1.29, 1.82) is 0 Å². The molecule has 3 rings (SSSR count). The van der Waals surface area contributed by atoms with E-state index in [0.29, 0.717) is 6.54 Å². The standard InChI is InChI=1S/C16H21N3O/c1-16(2,3)19-15(20)13-8-11-10-6-4-5-7-12(10)18-14(11)9-17-13/h4-7,13,17-18H,8-9H2,1-3H3,(H,19,20). The van der Waals surface area contributed by atoms with E-state index < -0.39 is 0 Å². The van der Waals surface area contributed by atoms with Gasteiger partial charge in [-0.15, -0.1) is 0 Å². The number of amides is 1. The van der Waals surface area contributed by atoms with Gasteiger partial charge in [0, 0.05) is 28.7 Å². The molecule has 2 aromatic rings. The van der Waals surface area contributed by atoms with Gasteiger partial charge in [-0.1, -0.05) is 18.2 Å². The van der Waals surface area contributed by atoms with Gasteiger partial charge in [0.1, 0.15) is 0 Å². The molecule has 1 aromatic carbocycles. The first-order valence-corrected chi connectivity index (χ1v) is 7.08. The Labute approximate surface area is 118 Å². The van der Waals surface area contributed by atoms with E-state index >= 15 is 0 Å². The van der Waals surface area contributed by atoms with Crippen molar-refractivity contribution >= 4 is 16.8 Å². The lowest BCUT2D eigenvalue weighted by Gasteiger charge is -2.28. The molecule has 1 atom stereocenters. The number of rotatable bonds is 1. The Morgan fingerprint density at radius 3 is 2.80 bits per heavy atom. The second kappa shape index (κ2) is 4.63. The third-order valence-corrected chi connectivity index (χ3v) is 3.65. The van der Waals surface area contributed by atoms with Gasteiger partial charge in [-0.25, -0.2) is 0 Å². The van der Waals surface area contributed by atoms with Gasteiger partial charge in [0.15, 0.2) is 0 Å². The van der Waals surface area contributed by atoms with Crippen LogP contribution in [-0.4, -0.2) is 22.5 Å². The molecule has 1 amide bonds. The number of benzene rings is 1. The number of aromatic nitrogens is 1. The Hall–Kier alpha value is -1.81. The normalized spacial score (nSPS) is 18.9. The molecule has 1 aliphatic heterocycles. The van der Waals surface area contributed by atoms with E-state index in [0.717, 1.165) is 11.9 Å². The van der Waals surface area contributed by atoms with E-state index in [2.05, 4.69) is 27.8 Å². The first-order chi connectivity index (χ1) is 9.44. The summed E-state index contributed by atoms with van der Waals surface area (Å²) in [4.78, 5) is 15.7. The summed E-state index contributed by atoms with van der Waals surface area (Å²) in [6, 6.07) is 8.12. The van der Waals surface area contributed by atoms with Crippen LogP contribution in [0.15, 0.2) is 24.3 Å². The van der Waals surface area contributed by atoms with Crippen LogP contribution in [0.5, 0.6) is 0 Å². The highest BCUT2D eigenvalue weighted by molar-refractivity contribution is 5.88. The predicted octanol–water partition coefficient (Wildman–Crippen LogP) is 2.10. The smallest absolute Gasteiger partial charge is 0.237 e. The molecule has 106 valence electrons. The first kappa shape index (κ1) is 13.2. The minimum Gasteiger partial charge on any atom is -0.357 e. The molecule has 0 fully saturated rings. The van der Waals surface area contributed by atoms with Crippen LogP contribution < -0.4 is 10.6 Å². The molecule has 1 unspecified atom stereocenters. The Kier molecular flexibility index (Phi) is 3.05. The van der Waals surface area contributed by atoms with Crippen molar-refractivity contribution in [2.45, 2.75) is 45.3 Å². The van der Waals surface area contributed by atoms with Crippen LogP contribution >= 0.6 is 0 Å². The van der Waals surface area contributed by atoms with Gasteiger partial charge in [-0.2, -0.15) is 0 Å². The van der Waals surface area contributed by atoms with Gasteiger partial charge in [0.05, 0.1) is 6.04 Å². The molecule has 4 nitrogen and oxygen atoms in total. The summed E-state index contributed by atoms with van der Waals surface area (Å²) in [6.45, 7) is 6.73. The highest BCUT2D eigenvalue weighted by atomic mass is 16.2. The molecule has 2 heterocycles. The molecular formula is C16H21N3O. The van der Waals surface area contributed by atoms with Crippen molar-refractivity contribution in [3.05, 3.63) is 35.5 Å². The molecule has 20 heavy (non-hydrogen) atoms. The summed E-state index contributed by atoms with van der Waals surface area (Å²) in [5.74, 6) is 0.0773. The number of carbonyl (C=O) groups is 1. The number of hydrogen-bond donors (Lipinski definition) is 3. The molecule has 0 saturated carbocycles. The van der Waals surface area contributed by atoms with Crippen LogP contribution in [0.25, 0.3) is 10.9 Å². The van der Waals surface area contributed by atoms with Crippen LogP contribution in [-0.2, 0) is 17.8 Å². The molecule has 0 radical (unpaired) electrons. The minimum absolute atomic E-state index is 0.0773. The molecule has 1 aliphatic rings. The number of fused-ring (bicyclic) bond motifs is 3. The maximum Gasteiger partial charge on any atom is 0.237 e. The van der Waals surface area contributed by atoms with Crippen molar-refractivity contribution < 1.29 is 4.79 Å². The van der Waals surface area contributed by atoms with Crippen molar-refractivity contribution in [1.82, 2.24) is 15.6 Å². The minimum atomic E-state index is -0.195. The summed E-state index contributed by atoms with van der Waals surface area (Å²) in [7, 11) is 0. The molecule has 0 spiro atoms. The fourth-order valence-corrected chi connectivity index (χ4v) is 2.78. The molecule has 3 N–H and O–H groups in total. The highest BCUT2D eigenvalue weighted by Crippen LogP contribution is 2.26. The zero-order valence-electron chi connectivity index (χ0n) is 12.2. The van der Waals surface area contributed by atoms with Crippen molar-refractivity contribution in [3.8, 4) is 0 Å². The molecule has 4 heteroatoms. The summed E-state index contributed by atoms with van der Waals surface area (Å²) in [6.07, 6.45) is 0.737. The topological polar surface area (TPSA) is 56.9 Å². The molecule has 0 saturated heterocycles. The van der Waals surface area contributed by atoms with E-state index in [9.17, 15) is 4.79 Å². The second-order valence-electron chi connectivity index (χ2n) is 6.50. The Bertz CT molecular complexity index is 651. The third kappa shape index (κ3) is 2.43. The molecule has 0 bridgehead atoms. The van der Waals surface area contributed by atoms with E-state index in [1.54, 1.807) is 0 Å². The number of aromatic amines is 1. The van der Waals surface area contributed by atoms with Gasteiger partial charge in [-0.05, 0) is 38.8 Å². The van der Waals surface area contributed by atoms with E-state index in [4.69, 9.17) is 0 Å². The number of carbonyl (C=O) groups excluding carboxylic acids is 1. The average Bonchev–Trinajstić information content (AvgIpc) is 2.74. The van der Waals surface area contributed by atoms with E-state index in [1.165, 1.54) is 16.6 Å². The van der Waals surface area contributed by atoms with Crippen LogP contribution in [0.4, 0.5) is 0 Å². The van der Waals surface area contributed by atoms with Gasteiger partial charge in [0.25, 0.3) is 0 Å². The lowest BCUT2D eigenvalue weighted by molar-refractivity contribution is -0.124. The van der Waals surface area contributed by atoms with Gasteiger partial charge in [-0.3, -0.25) is 10.1 Å². The Morgan fingerprint density at radius 1 is 1.30 bits per heavy atom. The fourth-order valence-electron chi connectivity index (χ4n) is 2.78. The number of hydrogen-bond acceptors (Lipinski definition) is 2. The van der Waals surface area contributed by atoms with Gasteiger partial charge in [0.2, 0.25) is 5.91 Å². The lowest BCUT2D eigenvalue weighted by atomic mass is 9.97. The summed E-state index contributed by atoms with van der Waals surface area (Å²) in [5.41, 5.74) is 3.43. The maximum atomic E-state index is 12.3. The monoisotopic (exact) mass is 271 g/mol. The lowest BCUT2D eigenvalue weighted by Crippen LogP contribution is -2.52. The fraction of sp³-hybridized carbons (Fsp3) is 0.438. The van der Waals surface area contributed by atoms with Crippen LogP contribution in [0, 0.1) is 0 Å². The predicted molar refractivity (Wildman–Crippen MR) is 80.5 cm³/mol. The zero-order valence-corrected chi connectivity index (χ0v) is 12.2. The quantitative estimate of drug-likeness (QED) is 0.744. The molecular weight excluding hydrogens is 250 g/mol.